The number of halogens is 6. The number of H-pyrrole nitrogens is 1. The predicted octanol–water partition coefficient (Wildman–Crippen LogP) is 5.37. The Kier molecular flexibility index (Phi) is 6.27. The molecule has 0 atom stereocenters. The molecular weight excluding hydrogens is 408 g/mol. The number of nitrogens with zero attached hydrogens (tertiary/aromatic N) is 2. The van der Waals surface area contributed by atoms with E-state index in [0.717, 1.165) is 17.8 Å². The van der Waals surface area contributed by atoms with Crippen LogP contribution in [-0.2, 0) is 12.4 Å². The topological polar surface area (TPSA) is 58.1 Å². The van der Waals surface area contributed by atoms with Crippen molar-refractivity contribution in [2.45, 2.75) is 38.0 Å². The van der Waals surface area contributed by atoms with Gasteiger partial charge in [0.05, 0.1) is 22.7 Å². The predicted molar refractivity (Wildman–Crippen MR) is 94.3 cm³/mol. The third-order valence-corrected chi connectivity index (χ3v) is 4.58. The summed E-state index contributed by atoms with van der Waals surface area (Å²) in [4.78, 5) is 21.5. The van der Waals surface area contributed by atoms with Gasteiger partial charge >= 0.3 is 12.4 Å². The van der Waals surface area contributed by atoms with Crippen molar-refractivity contribution in [3.63, 3.8) is 0 Å². The molecule has 0 aliphatic carbocycles. The van der Waals surface area contributed by atoms with Crippen LogP contribution in [0.4, 0.5) is 32.0 Å². The summed E-state index contributed by atoms with van der Waals surface area (Å²) >= 11 is 1.09. The molecule has 0 fully saturated rings. The average Bonchev–Trinajstić information content (AvgIpc) is 2.57. The molecule has 0 bridgehead atoms. The highest BCUT2D eigenvalue weighted by atomic mass is 32.2. The van der Waals surface area contributed by atoms with Crippen molar-refractivity contribution in [2.24, 2.45) is 4.99 Å². The number of rotatable bonds is 4. The molecule has 4 nitrogen and oxygen atoms in total. The van der Waals surface area contributed by atoms with Crippen molar-refractivity contribution in [1.29, 1.82) is 0 Å². The Balaban J connectivity index is 2.60. The zero-order valence-electron chi connectivity index (χ0n) is 14.9. The molecule has 2 rings (SSSR count). The number of aromatic amines is 1. The standard InChI is InChI=1S/C17H15F6N3OS/c1-4-28-12-5-10(16(18,19)20)7-24-14(12)9(3)25-11-6-13(17(21,22)23)26-15(27)8(11)2/h5-7H,4H2,1-3H3,(H,26,27). The van der Waals surface area contributed by atoms with Crippen molar-refractivity contribution in [1.82, 2.24) is 9.97 Å². The van der Waals surface area contributed by atoms with Gasteiger partial charge in [0.1, 0.15) is 5.69 Å². The molecule has 11 heteroatoms. The number of aromatic nitrogens is 2. The third kappa shape index (κ3) is 4.94. The van der Waals surface area contributed by atoms with Crippen molar-refractivity contribution < 1.29 is 26.3 Å². The summed E-state index contributed by atoms with van der Waals surface area (Å²) in [6.07, 6.45) is -8.72. The van der Waals surface area contributed by atoms with E-state index in [2.05, 4.69) is 9.98 Å². The van der Waals surface area contributed by atoms with E-state index < -0.39 is 29.2 Å². The van der Waals surface area contributed by atoms with Crippen LogP contribution in [0.3, 0.4) is 0 Å². The summed E-state index contributed by atoms with van der Waals surface area (Å²) in [5.41, 5.74) is -3.25. The van der Waals surface area contributed by atoms with E-state index >= 15 is 0 Å². The smallest absolute Gasteiger partial charge is 0.318 e. The molecule has 0 spiro atoms. The number of nitrogens with one attached hydrogen (secondary N) is 1. The Morgan fingerprint density at radius 1 is 1.18 bits per heavy atom. The largest absolute Gasteiger partial charge is 0.431 e. The molecule has 0 radical (unpaired) electrons. The van der Waals surface area contributed by atoms with Crippen LogP contribution in [0.2, 0.25) is 0 Å². The lowest BCUT2D eigenvalue weighted by atomic mass is 10.2. The van der Waals surface area contributed by atoms with E-state index in [0.29, 0.717) is 18.0 Å². The zero-order chi connectivity index (χ0) is 21.3. The van der Waals surface area contributed by atoms with E-state index in [1.54, 1.807) is 11.9 Å². The van der Waals surface area contributed by atoms with Gasteiger partial charge in [-0.2, -0.15) is 26.3 Å². The van der Waals surface area contributed by atoms with Gasteiger partial charge in [-0.3, -0.25) is 14.8 Å². The first kappa shape index (κ1) is 22.0. The van der Waals surface area contributed by atoms with E-state index in [4.69, 9.17) is 0 Å². The van der Waals surface area contributed by atoms with Crippen LogP contribution in [0, 0.1) is 6.92 Å². The maximum absolute atomic E-state index is 12.9. The summed E-state index contributed by atoms with van der Waals surface area (Å²) in [5, 5.41) is 0. The molecule has 0 unspecified atom stereocenters. The van der Waals surface area contributed by atoms with Crippen LogP contribution in [0.15, 0.2) is 33.0 Å². The Morgan fingerprint density at radius 3 is 2.36 bits per heavy atom. The normalized spacial score (nSPS) is 13.1. The number of hydrogen-bond donors (Lipinski definition) is 1. The SMILES string of the molecule is CCSc1cc(C(F)(F)F)cnc1C(C)=Nc1cc(C(F)(F)F)[nH]c(=O)c1C. The maximum Gasteiger partial charge on any atom is 0.431 e. The van der Waals surface area contributed by atoms with Gasteiger partial charge in [-0.15, -0.1) is 11.8 Å². The van der Waals surface area contributed by atoms with Crippen LogP contribution in [0.25, 0.3) is 0 Å². The van der Waals surface area contributed by atoms with Crippen molar-refractivity contribution in [3.8, 4) is 0 Å². The zero-order valence-corrected chi connectivity index (χ0v) is 15.7. The highest BCUT2D eigenvalue weighted by Crippen LogP contribution is 2.34. The van der Waals surface area contributed by atoms with Gasteiger partial charge in [0.25, 0.3) is 5.56 Å². The summed E-state index contributed by atoms with van der Waals surface area (Å²) in [5.74, 6) is 0.450. The van der Waals surface area contributed by atoms with Crippen LogP contribution in [0.1, 0.15) is 36.4 Å². The number of pyridine rings is 2. The van der Waals surface area contributed by atoms with E-state index in [1.807, 2.05) is 0 Å². The number of aliphatic imine (C=N–C) groups is 1. The fraction of sp³-hybridized carbons (Fsp3) is 0.353. The quantitative estimate of drug-likeness (QED) is 0.409. The number of alkyl halides is 6. The van der Waals surface area contributed by atoms with Gasteiger partial charge in [-0.05, 0) is 31.7 Å². The Hall–Kier alpha value is -2.30. The molecule has 28 heavy (non-hydrogen) atoms. The molecular formula is C17H15F6N3OS. The monoisotopic (exact) mass is 423 g/mol. The van der Waals surface area contributed by atoms with Crippen LogP contribution in [0.5, 0.6) is 0 Å². The Labute approximate surface area is 160 Å². The summed E-state index contributed by atoms with van der Waals surface area (Å²) in [6.45, 7) is 4.44. The molecule has 2 heterocycles. The van der Waals surface area contributed by atoms with Gasteiger partial charge in [-0.1, -0.05) is 6.92 Å². The highest BCUT2D eigenvalue weighted by molar-refractivity contribution is 7.99. The molecule has 152 valence electrons. The molecule has 0 aliphatic rings. The fourth-order valence-corrected chi connectivity index (χ4v) is 3.11. The van der Waals surface area contributed by atoms with Gasteiger partial charge in [0.2, 0.25) is 0 Å². The average molecular weight is 423 g/mol. The van der Waals surface area contributed by atoms with Gasteiger partial charge in [0.15, 0.2) is 0 Å². The lowest BCUT2D eigenvalue weighted by Gasteiger charge is -2.13. The lowest BCUT2D eigenvalue weighted by molar-refractivity contribution is -0.141. The lowest BCUT2D eigenvalue weighted by Crippen LogP contribution is -2.18. The summed E-state index contributed by atoms with van der Waals surface area (Å²) in [6, 6.07) is 1.60. The molecule has 0 aliphatic heterocycles. The van der Waals surface area contributed by atoms with Crippen LogP contribution in [-0.4, -0.2) is 21.4 Å². The van der Waals surface area contributed by atoms with Crippen molar-refractivity contribution >= 4 is 23.2 Å². The van der Waals surface area contributed by atoms with E-state index in [1.165, 1.54) is 13.8 Å². The van der Waals surface area contributed by atoms with Gasteiger partial charge in [-0.25, -0.2) is 0 Å². The Bertz CT molecular complexity index is 963. The first-order valence-electron chi connectivity index (χ1n) is 7.91. The second-order valence-electron chi connectivity index (χ2n) is 5.72. The van der Waals surface area contributed by atoms with Crippen molar-refractivity contribution in [3.05, 3.63) is 51.2 Å². The molecule has 0 saturated heterocycles. The molecule has 0 amide bonds. The van der Waals surface area contributed by atoms with E-state index in [-0.39, 0.29) is 27.6 Å². The van der Waals surface area contributed by atoms with Crippen molar-refractivity contribution in [2.75, 3.05) is 5.75 Å². The van der Waals surface area contributed by atoms with E-state index in [9.17, 15) is 31.1 Å². The summed E-state index contributed by atoms with van der Waals surface area (Å²) in [7, 11) is 0. The molecule has 2 aromatic rings. The summed E-state index contributed by atoms with van der Waals surface area (Å²) < 4.78 is 77.5. The third-order valence-electron chi connectivity index (χ3n) is 3.67. The minimum atomic E-state index is -4.78. The molecule has 2 aromatic heterocycles. The fourth-order valence-electron chi connectivity index (χ4n) is 2.25. The maximum atomic E-state index is 12.9. The van der Waals surface area contributed by atoms with Crippen LogP contribution >= 0.6 is 11.8 Å². The number of hydrogen-bond acceptors (Lipinski definition) is 4. The minimum Gasteiger partial charge on any atom is -0.318 e. The first-order chi connectivity index (χ1) is 12.8. The second-order valence-corrected chi connectivity index (χ2v) is 7.02. The molecule has 0 aromatic carbocycles. The first-order valence-corrected chi connectivity index (χ1v) is 8.90. The molecule has 0 saturated carbocycles. The number of thioether (sulfide) groups is 1. The second kappa shape index (κ2) is 7.98. The molecule has 1 N–H and O–H groups in total. The highest BCUT2D eigenvalue weighted by Gasteiger charge is 2.33. The minimum absolute atomic E-state index is 0.0519. The van der Waals surface area contributed by atoms with Gasteiger partial charge < -0.3 is 4.98 Å². The van der Waals surface area contributed by atoms with Crippen LogP contribution < -0.4 is 5.56 Å². The van der Waals surface area contributed by atoms with Gasteiger partial charge in [0, 0.05) is 16.7 Å². The Morgan fingerprint density at radius 2 is 1.82 bits per heavy atom.